The Labute approximate surface area is 132 Å². The Bertz CT molecular complexity index is 176. The summed E-state index contributed by atoms with van der Waals surface area (Å²) in [5.74, 6) is 1.77. The SMILES string of the molecule is [CH2-]C=C(C)CCCC(C)CCCC(C)C.[Cl-].[Mg+2]. The topological polar surface area (TPSA) is 0 Å². The minimum atomic E-state index is 0. The van der Waals surface area contributed by atoms with E-state index in [0.29, 0.717) is 0 Å². The van der Waals surface area contributed by atoms with Crippen molar-refractivity contribution in [3.63, 3.8) is 0 Å². The first kappa shape index (κ1) is 22.8. The van der Waals surface area contributed by atoms with E-state index in [0.717, 1.165) is 11.8 Å². The molecule has 0 aliphatic heterocycles. The quantitative estimate of drug-likeness (QED) is 0.467. The molecule has 0 bridgehead atoms. The van der Waals surface area contributed by atoms with E-state index in [4.69, 9.17) is 0 Å². The van der Waals surface area contributed by atoms with Crippen molar-refractivity contribution < 1.29 is 12.4 Å². The third-order valence-electron chi connectivity index (χ3n) is 3.09. The molecule has 98 valence electrons. The number of allylic oxidation sites excluding steroid dienone is 2. The predicted octanol–water partition coefficient (Wildman–Crippen LogP) is 2.02. The van der Waals surface area contributed by atoms with E-state index < -0.39 is 0 Å². The number of halogens is 1. The van der Waals surface area contributed by atoms with Crippen LogP contribution in [0.4, 0.5) is 0 Å². The van der Waals surface area contributed by atoms with Gasteiger partial charge in [0.15, 0.2) is 0 Å². The van der Waals surface area contributed by atoms with Gasteiger partial charge in [-0.25, -0.2) is 18.6 Å². The number of hydrogen-bond acceptors (Lipinski definition) is 0. The van der Waals surface area contributed by atoms with Gasteiger partial charge in [-0.05, 0) is 11.8 Å². The summed E-state index contributed by atoms with van der Waals surface area (Å²) in [5, 5.41) is 0. The predicted molar refractivity (Wildman–Crippen MR) is 76.6 cm³/mol. The third-order valence-corrected chi connectivity index (χ3v) is 3.09. The average Bonchev–Trinajstić information content (AvgIpc) is 2.17. The van der Waals surface area contributed by atoms with Crippen molar-refractivity contribution >= 4 is 23.1 Å². The van der Waals surface area contributed by atoms with E-state index in [-0.39, 0.29) is 35.5 Å². The minimum absolute atomic E-state index is 0. The van der Waals surface area contributed by atoms with Gasteiger partial charge in [-0.2, -0.15) is 0 Å². The van der Waals surface area contributed by atoms with E-state index >= 15 is 0 Å². The van der Waals surface area contributed by atoms with Gasteiger partial charge >= 0.3 is 23.1 Å². The zero-order valence-electron chi connectivity index (χ0n) is 12.3. The van der Waals surface area contributed by atoms with Crippen LogP contribution >= 0.6 is 0 Å². The standard InChI is InChI=1S/C15H29.ClH.Mg/c1-6-14(4)10-8-12-15(5)11-7-9-13(2)3;;/h6,13,15H,1,7-12H2,2-5H3;1H;/q-1;;+2/p-1. The molecule has 0 nitrogen and oxygen atoms in total. The summed E-state index contributed by atoms with van der Waals surface area (Å²) in [6.07, 6.45) is 10.1. The summed E-state index contributed by atoms with van der Waals surface area (Å²) < 4.78 is 0. The Morgan fingerprint density at radius 2 is 1.59 bits per heavy atom. The maximum atomic E-state index is 3.79. The molecule has 0 radical (unpaired) electrons. The van der Waals surface area contributed by atoms with Crippen LogP contribution in [0.25, 0.3) is 0 Å². The molecule has 0 aromatic heterocycles. The summed E-state index contributed by atoms with van der Waals surface area (Å²) in [6.45, 7) is 13.0. The van der Waals surface area contributed by atoms with Gasteiger partial charge in [0.1, 0.15) is 0 Å². The maximum Gasteiger partial charge on any atom is 2.00 e. The largest absolute Gasteiger partial charge is 2.00 e. The molecule has 0 N–H and O–H groups in total. The molecular weight excluding hydrogens is 240 g/mol. The van der Waals surface area contributed by atoms with E-state index in [1.54, 1.807) is 0 Å². The van der Waals surface area contributed by atoms with Crippen molar-refractivity contribution in [3.05, 3.63) is 18.6 Å². The Balaban J connectivity index is -0.000000980. The summed E-state index contributed by atoms with van der Waals surface area (Å²) in [4.78, 5) is 0. The van der Waals surface area contributed by atoms with Gasteiger partial charge in [0.2, 0.25) is 0 Å². The van der Waals surface area contributed by atoms with E-state index in [9.17, 15) is 0 Å². The van der Waals surface area contributed by atoms with Crippen LogP contribution in [0.15, 0.2) is 11.6 Å². The monoisotopic (exact) mass is 268 g/mol. The molecule has 0 rings (SSSR count). The van der Waals surface area contributed by atoms with Gasteiger partial charge < -0.3 is 12.4 Å². The molecule has 1 atom stereocenters. The fraction of sp³-hybridized carbons (Fsp3) is 0.800. The first-order valence-corrected chi connectivity index (χ1v) is 6.51. The maximum absolute atomic E-state index is 3.79. The molecule has 0 spiro atoms. The Kier molecular flexibility index (Phi) is 19.8. The number of rotatable bonds is 8. The van der Waals surface area contributed by atoms with Gasteiger partial charge in [0.05, 0.1) is 0 Å². The molecule has 0 aliphatic carbocycles. The molecule has 0 aromatic carbocycles. The van der Waals surface area contributed by atoms with Crippen LogP contribution in [0.5, 0.6) is 0 Å². The van der Waals surface area contributed by atoms with Gasteiger partial charge in [0, 0.05) is 0 Å². The average molecular weight is 269 g/mol. The fourth-order valence-corrected chi connectivity index (χ4v) is 1.85. The van der Waals surface area contributed by atoms with Crippen molar-refractivity contribution in [2.75, 3.05) is 0 Å². The molecule has 2 heteroatoms. The fourth-order valence-electron chi connectivity index (χ4n) is 1.85. The molecule has 0 aliphatic rings. The normalized spacial score (nSPS) is 12.9. The second-order valence-corrected chi connectivity index (χ2v) is 5.37. The molecule has 0 fully saturated rings. The van der Waals surface area contributed by atoms with Gasteiger partial charge in [-0.3, -0.25) is 0 Å². The molecule has 1 unspecified atom stereocenters. The van der Waals surface area contributed by atoms with Crippen LogP contribution in [0, 0.1) is 18.8 Å². The van der Waals surface area contributed by atoms with Crippen LogP contribution in [0.1, 0.15) is 66.2 Å². The van der Waals surface area contributed by atoms with Crippen molar-refractivity contribution in [2.24, 2.45) is 11.8 Å². The van der Waals surface area contributed by atoms with Gasteiger partial charge in [-0.15, -0.1) is 6.92 Å². The molecule has 0 heterocycles. The summed E-state index contributed by atoms with van der Waals surface area (Å²) in [7, 11) is 0. The van der Waals surface area contributed by atoms with Gasteiger partial charge in [0.25, 0.3) is 0 Å². The molecule has 0 aromatic rings. The van der Waals surface area contributed by atoms with E-state index in [1.165, 1.54) is 44.1 Å². The summed E-state index contributed by atoms with van der Waals surface area (Å²) in [5.41, 5.74) is 1.43. The molecule has 0 saturated heterocycles. The van der Waals surface area contributed by atoms with Crippen molar-refractivity contribution in [3.8, 4) is 0 Å². The zero-order chi connectivity index (χ0) is 11.7. The second kappa shape index (κ2) is 14.7. The Morgan fingerprint density at radius 1 is 1.06 bits per heavy atom. The third kappa shape index (κ3) is 16.7. The summed E-state index contributed by atoms with van der Waals surface area (Å²) >= 11 is 0. The Hall–Kier alpha value is 0.666. The van der Waals surface area contributed by atoms with Gasteiger partial charge in [-0.1, -0.05) is 59.3 Å². The van der Waals surface area contributed by atoms with Crippen molar-refractivity contribution in [1.29, 1.82) is 0 Å². The van der Waals surface area contributed by atoms with Crippen LogP contribution in [0.3, 0.4) is 0 Å². The first-order chi connectivity index (χ1) is 7.06. The van der Waals surface area contributed by atoms with Crippen LogP contribution in [0.2, 0.25) is 0 Å². The minimum Gasteiger partial charge on any atom is -1.00 e. The van der Waals surface area contributed by atoms with Crippen LogP contribution in [-0.2, 0) is 0 Å². The smallest absolute Gasteiger partial charge is 1.00 e. The van der Waals surface area contributed by atoms with Crippen LogP contribution < -0.4 is 12.4 Å². The molecule has 17 heavy (non-hydrogen) atoms. The van der Waals surface area contributed by atoms with E-state index in [1.807, 2.05) is 6.08 Å². The molecule has 0 saturated carbocycles. The molecular formula is C15H29ClMg. The second-order valence-electron chi connectivity index (χ2n) is 5.37. The van der Waals surface area contributed by atoms with E-state index in [2.05, 4.69) is 34.6 Å². The van der Waals surface area contributed by atoms with Crippen molar-refractivity contribution in [1.82, 2.24) is 0 Å². The summed E-state index contributed by atoms with van der Waals surface area (Å²) in [6, 6.07) is 0. The Morgan fingerprint density at radius 3 is 2.06 bits per heavy atom. The molecule has 0 amide bonds. The van der Waals surface area contributed by atoms with Crippen molar-refractivity contribution in [2.45, 2.75) is 66.2 Å². The van der Waals surface area contributed by atoms with Crippen LogP contribution in [-0.4, -0.2) is 23.1 Å². The zero-order valence-corrected chi connectivity index (χ0v) is 14.4. The number of hydrogen-bond donors (Lipinski definition) is 0. The first-order valence-electron chi connectivity index (χ1n) is 6.51.